The van der Waals surface area contributed by atoms with Gasteiger partial charge >= 0.3 is 5.97 Å². The molecule has 0 aliphatic carbocycles. The number of nitro groups is 1. The lowest BCUT2D eigenvalue weighted by Gasteiger charge is -2.16. The lowest BCUT2D eigenvalue weighted by molar-refractivity contribution is -0.384. The van der Waals surface area contributed by atoms with Crippen LogP contribution in [0.4, 0.5) is 11.4 Å². The molecule has 1 atom stereocenters. The Morgan fingerprint density at radius 2 is 1.68 bits per heavy atom. The topological polar surface area (TPSA) is 98.5 Å². The fourth-order valence-electron chi connectivity index (χ4n) is 3.14. The molecular formula is C23H19ClN2O5. The van der Waals surface area contributed by atoms with Crippen molar-refractivity contribution in [2.75, 3.05) is 12.4 Å². The van der Waals surface area contributed by atoms with Crippen molar-refractivity contribution in [1.29, 1.82) is 0 Å². The van der Waals surface area contributed by atoms with Crippen molar-refractivity contribution in [3.05, 3.63) is 104 Å². The standard InChI is InChI=1S/C23H19ClN2O5/c1-14(16-7-5-6-10-19(16)24)31-23(28)18-9-4-3-8-17(18)22(27)15-11-12-20(25-2)21(13-15)26(29)30/h3-14,25H,1-2H3. The number of benzene rings is 3. The molecule has 7 nitrogen and oxygen atoms in total. The van der Waals surface area contributed by atoms with E-state index in [0.29, 0.717) is 10.6 Å². The van der Waals surface area contributed by atoms with Crippen LogP contribution < -0.4 is 5.32 Å². The number of ketones is 1. The molecule has 0 aromatic heterocycles. The van der Waals surface area contributed by atoms with Crippen LogP contribution in [0.25, 0.3) is 0 Å². The average molecular weight is 439 g/mol. The van der Waals surface area contributed by atoms with Crippen LogP contribution in [0.2, 0.25) is 5.02 Å². The zero-order valence-electron chi connectivity index (χ0n) is 16.8. The molecule has 0 aliphatic rings. The van der Waals surface area contributed by atoms with Gasteiger partial charge in [0, 0.05) is 34.8 Å². The molecular weight excluding hydrogens is 420 g/mol. The second-order valence-electron chi connectivity index (χ2n) is 6.68. The summed E-state index contributed by atoms with van der Waals surface area (Å²) in [6.45, 7) is 1.68. The molecule has 0 saturated carbocycles. The van der Waals surface area contributed by atoms with Gasteiger partial charge in [-0.1, -0.05) is 48.0 Å². The Morgan fingerprint density at radius 3 is 2.32 bits per heavy atom. The van der Waals surface area contributed by atoms with E-state index in [9.17, 15) is 19.7 Å². The third-order valence-electron chi connectivity index (χ3n) is 4.74. The van der Waals surface area contributed by atoms with Gasteiger partial charge in [0.1, 0.15) is 11.8 Å². The van der Waals surface area contributed by atoms with Crippen LogP contribution in [-0.4, -0.2) is 23.7 Å². The Hall–Kier alpha value is -3.71. The van der Waals surface area contributed by atoms with Gasteiger partial charge in [0.2, 0.25) is 0 Å². The van der Waals surface area contributed by atoms with E-state index in [1.807, 2.05) is 0 Å². The molecule has 3 rings (SSSR count). The van der Waals surface area contributed by atoms with Crippen LogP contribution in [0.15, 0.2) is 66.7 Å². The van der Waals surface area contributed by atoms with Crippen LogP contribution in [0.1, 0.15) is 44.9 Å². The van der Waals surface area contributed by atoms with E-state index in [4.69, 9.17) is 16.3 Å². The summed E-state index contributed by atoms with van der Waals surface area (Å²) in [5.74, 6) is -1.22. The molecule has 0 bridgehead atoms. The maximum atomic E-state index is 13.1. The Kier molecular flexibility index (Phi) is 6.67. The first-order valence-electron chi connectivity index (χ1n) is 9.38. The molecule has 0 heterocycles. The first kappa shape index (κ1) is 22.0. The minimum absolute atomic E-state index is 0.0618. The number of carbonyl (C=O) groups is 2. The monoisotopic (exact) mass is 438 g/mol. The number of anilines is 1. The number of ether oxygens (including phenoxy) is 1. The van der Waals surface area contributed by atoms with Crippen molar-refractivity contribution in [2.45, 2.75) is 13.0 Å². The number of nitrogens with one attached hydrogen (secondary N) is 1. The molecule has 0 aliphatic heterocycles. The molecule has 0 radical (unpaired) electrons. The summed E-state index contributed by atoms with van der Waals surface area (Å²) in [5, 5.41) is 14.5. The zero-order chi connectivity index (χ0) is 22.5. The van der Waals surface area contributed by atoms with Crippen LogP contribution in [0.3, 0.4) is 0 Å². The van der Waals surface area contributed by atoms with Gasteiger partial charge in [0.15, 0.2) is 5.78 Å². The quantitative estimate of drug-likeness (QED) is 0.228. The number of esters is 1. The second-order valence-corrected chi connectivity index (χ2v) is 7.09. The van der Waals surface area contributed by atoms with E-state index in [0.717, 1.165) is 0 Å². The maximum Gasteiger partial charge on any atom is 0.339 e. The molecule has 8 heteroatoms. The van der Waals surface area contributed by atoms with Gasteiger partial charge in [0.05, 0.1) is 10.5 Å². The van der Waals surface area contributed by atoms with Crippen LogP contribution in [0.5, 0.6) is 0 Å². The van der Waals surface area contributed by atoms with E-state index in [1.165, 1.54) is 30.3 Å². The van der Waals surface area contributed by atoms with E-state index in [2.05, 4.69) is 5.32 Å². The van der Waals surface area contributed by atoms with Gasteiger partial charge in [0.25, 0.3) is 5.69 Å². The highest BCUT2D eigenvalue weighted by molar-refractivity contribution is 6.31. The van der Waals surface area contributed by atoms with Gasteiger partial charge in [-0.15, -0.1) is 0 Å². The largest absolute Gasteiger partial charge is 0.454 e. The summed E-state index contributed by atoms with van der Waals surface area (Å²) in [6, 6.07) is 17.3. The Labute approximate surface area is 183 Å². The molecule has 1 unspecified atom stereocenters. The van der Waals surface area contributed by atoms with Crippen molar-refractivity contribution in [3.63, 3.8) is 0 Å². The third-order valence-corrected chi connectivity index (χ3v) is 5.09. The minimum atomic E-state index is -0.697. The molecule has 3 aromatic rings. The summed E-state index contributed by atoms with van der Waals surface area (Å²) in [6.07, 6.45) is -0.639. The summed E-state index contributed by atoms with van der Waals surface area (Å²) in [4.78, 5) is 36.7. The number of hydrogen-bond acceptors (Lipinski definition) is 6. The van der Waals surface area contributed by atoms with Gasteiger partial charge in [-0.3, -0.25) is 14.9 Å². The average Bonchev–Trinajstić information content (AvgIpc) is 2.78. The summed E-state index contributed by atoms with van der Waals surface area (Å²) in [7, 11) is 1.55. The fourth-order valence-corrected chi connectivity index (χ4v) is 3.43. The first-order valence-corrected chi connectivity index (χ1v) is 9.76. The molecule has 31 heavy (non-hydrogen) atoms. The van der Waals surface area contributed by atoms with Crippen LogP contribution in [-0.2, 0) is 4.74 Å². The van der Waals surface area contributed by atoms with E-state index < -0.39 is 22.8 Å². The molecule has 158 valence electrons. The number of nitrogens with zero attached hydrogens (tertiary/aromatic N) is 1. The predicted molar refractivity (Wildman–Crippen MR) is 118 cm³/mol. The molecule has 3 aromatic carbocycles. The Morgan fingerprint density at radius 1 is 1.03 bits per heavy atom. The normalized spacial score (nSPS) is 11.5. The van der Waals surface area contributed by atoms with Crippen molar-refractivity contribution in [2.24, 2.45) is 0 Å². The smallest absolute Gasteiger partial charge is 0.339 e. The Balaban J connectivity index is 1.92. The van der Waals surface area contributed by atoms with E-state index in [1.54, 1.807) is 50.4 Å². The molecule has 0 fully saturated rings. The highest BCUT2D eigenvalue weighted by Gasteiger charge is 2.24. The number of halogens is 1. The molecule has 1 N–H and O–H groups in total. The predicted octanol–water partition coefficient (Wildman–Crippen LogP) is 5.44. The SMILES string of the molecule is CNc1ccc(C(=O)c2ccccc2C(=O)OC(C)c2ccccc2Cl)cc1[N+](=O)[O-]. The molecule has 0 saturated heterocycles. The van der Waals surface area contributed by atoms with Crippen molar-refractivity contribution >= 4 is 34.7 Å². The number of carbonyl (C=O) groups excluding carboxylic acids is 2. The van der Waals surface area contributed by atoms with Gasteiger partial charge in [-0.2, -0.15) is 0 Å². The summed E-state index contributed by atoms with van der Waals surface area (Å²) in [5.41, 5.74) is 0.922. The van der Waals surface area contributed by atoms with Crippen molar-refractivity contribution < 1.29 is 19.2 Å². The van der Waals surface area contributed by atoms with Crippen molar-refractivity contribution in [1.82, 2.24) is 0 Å². The molecule has 0 spiro atoms. The fraction of sp³-hybridized carbons (Fsp3) is 0.130. The van der Waals surface area contributed by atoms with Crippen LogP contribution >= 0.6 is 11.6 Å². The number of hydrogen-bond donors (Lipinski definition) is 1. The highest BCUT2D eigenvalue weighted by atomic mass is 35.5. The van der Waals surface area contributed by atoms with Gasteiger partial charge < -0.3 is 10.1 Å². The first-order chi connectivity index (χ1) is 14.8. The second kappa shape index (κ2) is 9.40. The number of rotatable bonds is 7. The zero-order valence-corrected chi connectivity index (χ0v) is 17.6. The summed E-state index contributed by atoms with van der Waals surface area (Å²) >= 11 is 6.17. The van der Waals surface area contributed by atoms with E-state index >= 15 is 0 Å². The lowest BCUT2D eigenvalue weighted by atomic mass is 9.97. The Bertz CT molecular complexity index is 1160. The maximum absolute atomic E-state index is 13.1. The lowest BCUT2D eigenvalue weighted by Crippen LogP contribution is -2.15. The molecule has 0 amide bonds. The van der Waals surface area contributed by atoms with Gasteiger partial charge in [-0.25, -0.2) is 4.79 Å². The number of nitro benzene ring substituents is 1. The van der Waals surface area contributed by atoms with E-state index in [-0.39, 0.29) is 28.1 Å². The van der Waals surface area contributed by atoms with Crippen molar-refractivity contribution in [3.8, 4) is 0 Å². The van der Waals surface area contributed by atoms with Crippen LogP contribution in [0, 0.1) is 10.1 Å². The highest BCUT2D eigenvalue weighted by Crippen LogP contribution is 2.29. The third kappa shape index (κ3) is 4.73. The van der Waals surface area contributed by atoms with Gasteiger partial charge in [-0.05, 0) is 31.2 Å². The summed E-state index contributed by atoms with van der Waals surface area (Å²) < 4.78 is 5.53. The minimum Gasteiger partial charge on any atom is -0.454 e.